The van der Waals surface area contributed by atoms with Gasteiger partial charge in [0.25, 0.3) is 5.91 Å². The van der Waals surface area contributed by atoms with Gasteiger partial charge in [-0.3, -0.25) is 14.5 Å². The summed E-state index contributed by atoms with van der Waals surface area (Å²) in [4.78, 5) is 26.5. The average molecular weight is 500 g/mol. The molecule has 1 amide bonds. The number of benzene rings is 2. The molecular weight excluding hydrogens is 470 g/mol. The van der Waals surface area contributed by atoms with E-state index in [1.54, 1.807) is 13.0 Å². The molecule has 0 N–H and O–H groups in total. The number of hydrogen-bond acceptors (Lipinski definition) is 7. The Kier molecular flexibility index (Phi) is 9.53. The summed E-state index contributed by atoms with van der Waals surface area (Å²) in [5.41, 5.74) is 3.10. The molecule has 0 saturated carbocycles. The molecule has 6 nitrogen and oxygen atoms in total. The van der Waals surface area contributed by atoms with Crippen molar-refractivity contribution < 1.29 is 23.8 Å². The van der Waals surface area contributed by atoms with Crippen LogP contribution < -0.4 is 9.47 Å². The van der Waals surface area contributed by atoms with Crippen molar-refractivity contribution in [2.24, 2.45) is 0 Å². The topological polar surface area (TPSA) is 65.1 Å². The van der Waals surface area contributed by atoms with Gasteiger partial charge in [0.1, 0.15) is 10.9 Å². The first-order valence-electron chi connectivity index (χ1n) is 11.3. The number of aryl methyl sites for hydroxylation is 1. The lowest BCUT2D eigenvalue weighted by molar-refractivity contribution is -0.143. The van der Waals surface area contributed by atoms with Crippen molar-refractivity contribution in [1.29, 1.82) is 0 Å². The Balaban J connectivity index is 1.69. The van der Waals surface area contributed by atoms with Gasteiger partial charge in [0.15, 0.2) is 11.5 Å². The van der Waals surface area contributed by atoms with Crippen LogP contribution in [0.1, 0.15) is 43.4 Å². The molecule has 1 heterocycles. The molecule has 0 unspecified atom stereocenters. The van der Waals surface area contributed by atoms with Crippen LogP contribution in [0.4, 0.5) is 0 Å². The second-order valence-electron chi connectivity index (χ2n) is 7.60. The highest BCUT2D eigenvalue weighted by molar-refractivity contribution is 8.26. The van der Waals surface area contributed by atoms with Crippen molar-refractivity contribution in [2.45, 2.75) is 40.2 Å². The summed E-state index contributed by atoms with van der Waals surface area (Å²) in [5, 5.41) is 0. The van der Waals surface area contributed by atoms with Gasteiger partial charge in [-0.25, -0.2) is 0 Å². The normalized spacial score (nSPS) is 14.6. The minimum Gasteiger partial charge on any atom is -0.490 e. The van der Waals surface area contributed by atoms with Gasteiger partial charge in [-0.1, -0.05) is 54.3 Å². The fraction of sp³-hybridized carbons (Fsp3) is 0.346. The molecule has 0 radical (unpaired) electrons. The lowest BCUT2D eigenvalue weighted by Crippen LogP contribution is -2.29. The number of carbonyl (C=O) groups is 2. The number of carbonyl (C=O) groups excluding carboxylic acids is 2. The fourth-order valence-corrected chi connectivity index (χ4v) is 4.70. The molecule has 34 heavy (non-hydrogen) atoms. The molecule has 1 saturated heterocycles. The van der Waals surface area contributed by atoms with E-state index in [9.17, 15) is 9.59 Å². The average Bonchev–Trinajstić information content (AvgIpc) is 3.07. The van der Waals surface area contributed by atoms with Crippen LogP contribution in [0.2, 0.25) is 0 Å². The van der Waals surface area contributed by atoms with Crippen molar-refractivity contribution in [3.63, 3.8) is 0 Å². The quantitative estimate of drug-likeness (QED) is 0.229. The molecule has 180 valence electrons. The number of nitrogens with zero attached hydrogens (tertiary/aromatic N) is 1. The first kappa shape index (κ1) is 25.8. The lowest BCUT2D eigenvalue weighted by Gasteiger charge is -2.14. The number of amides is 1. The van der Waals surface area contributed by atoms with Crippen molar-refractivity contribution >= 4 is 46.3 Å². The highest BCUT2D eigenvalue weighted by atomic mass is 32.2. The number of rotatable bonds is 11. The molecule has 0 aliphatic carbocycles. The Morgan fingerprint density at radius 1 is 1.09 bits per heavy atom. The maximum Gasteiger partial charge on any atom is 0.305 e. The maximum absolute atomic E-state index is 12.9. The third kappa shape index (κ3) is 6.84. The predicted molar refractivity (Wildman–Crippen MR) is 139 cm³/mol. The largest absolute Gasteiger partial charge is 0.490 e. The first-order chi connectivity index (χ1) is 16.4. The summed E-state index contributed by atoms with van der Waals surface area (Å²) < 4.78 is 17.3. The molecule has 0 atom stereocenters. The van der Waals surface area contributed by atoms with Crippen LogP contribution in [-0.2, 0) is 20.9 Å². The second-order valence-corrected chi connectivity index (χ2v) is 9.27. The third-order valence-electron chi connectivity index (χ3n) is 5.15. The predicted octanol–water partition coefficient (Wildman–Crippen LogP) is 5.52. The minimum absolute atomic E-state index is 0.156. The number of hydrogen-bond donors (Lipinski definition) is 0. The Labute approximate surface area is 210 Å². The van der Waals surface area contributed by atoms with E-state index in [1.807, 2.05) is 43.3 Å². The van der Waals surface area contributed by atoms with Crippen LogP contribution in [0.5, 0.6) is 11.5 Å². The zero-order valence-electron chi connectivity index (χ0n) is 19.7. The van der Waals surface area contributed by atoms with Gasteiger partial charge in [0.2, 0.25) is 0 Å². The van der Waals surface area contributed by atoms with Gasteiger partial charge >= 0.3 is 5.97 Å². The molecule has 1 fully saturated rings. The lowest BCUT2D eigenvalue weighted by atomic mass is 10.1. The zero-order valence-corrected chi connectivity index (χ0v) is 21.3. The zero-order chi connectivity index (χ0) is 24.5. The first-order valence-corrected chi connectivity index (χ1v) is 12.5. The van der Waals surface area contributed by atoms with Crippen LogP contribution in [0.3, 0.4) is 0 Å². The van der Waals surface area contributed by atoms with E-state index in [1.165, 1.54) is 22.2 Å². The Bertz CT molecular complexity index is 1080. The molecule has 0 spiro atoms. The summed E-state index contributed by atoms with van der Waals surface area (Å²) in [6, 6.07) is 13.7. The second kappa shape index (κ2) is 12.6. The monoisotopic (exact) mass is 499 g/mol. The Morgan fingerprint density at radius 2 is 1.88 bits per heavy atom. The Hall–Kier alpha value is -2.84. The molecule has 1 aliphatic heterocycles. The smallest absolute Gasteiger partial charge is 0.305 e. The summed E-state index contributed by atoms with van der Waals surface area (Å²) in [7, 11) is 0. The number of esters is 1. The third-order valence-corrected chi connectivity index (χ3v) is 6.53. The van der Waals surface area contributed by atoms with Gasteiger partial charge in [0.05, 0.1) is 18.1 Å². The molecule has 1 aliphatic rings. The standard InChI is InChI=1S/C26H29NO5S2/c1-4-30-22-15-19(12-13-21(22)32-17-20-10-7-6-9-18(20)3)16-23-25(29)27(26(33)34-23)14-8-11-24(28)31-5-2/h6-7,9-10,12-13,15-16H,4-5,8,11,14,17H2,1-3H3/b23-16-. The van der Waals surface area contributed by atoms with Crippen molar-refractivity contribution in [2.75, 3.05) is 19.8 Å². The van der Waals surface area contributed by atoms with E-state index in [-0.39, 0.29) is 18.3 Å². The van der Waals surface area contributed by atoms with E-state index in [0.717, 1.165) is 11.1 Å². The van der Waals surface area contributed by atoms with Gasteiger partial charge in [-0.15, -0.1) is 0 Å². The van der Waals surface area contributed by atoms with Gasteiger partial charge in [0, 0.05) is 13.0 Å². The molecule has 0 aromatic heterocycles. The van der Waals surface area contributed by atoms with E-state index in [0.29, 0.717) is 53.5 Å². The maximum atomic E-state index is 12.9. The van der Waals surface area contributed by atoms with Crippen molar-refractivity contribution in [1.82, 2.24) is 4.90 Å². The van der Waals surface area contributed by atoms with Crippen LogP contribution in [0.25, 0.3) is 6.08 Å². The van der Waals surface area contributed by atoms with E-state index in [2.05, 4.69) is 13.0 Å². The molecule has 0 bridgehead atoms. The van der Waals surface area contributed by atoms with E-state index >= 15 is 0 Å². The molecule has 3 rings (SSSR count). The van der Waals surface area contributed by atoms with Crippen LogP contribution in [0.15, 0.2) is 47.4 Å². The molecule has 2 aromatic rings. The van der Waals surface area contributed by atoms with Crippen molar-refractivity contribution in [3.05, 3.63) is 64.1 Å². The van der Waals surface area contributed by atoms with E-state index < -0.39 is 0 Å². The molecule has 2 aromatic carbocycles. The summed E-state index contributed by atoms with van der Waals surface area (Å²) in [5.74, 6) is 0.844. The number of thioether (sulfide) groups is 1. The van der Waals surface area contributed by atoms with Gasteiger partial charge in [-0.2, -0.15) is 0 Å². The minimum atomic E-state index is -0.267. The van der Waals surface area contributed by atoms with Crippen molar-refractivity contribution in [3.8, 4) is 11.5 Å². The summed E-state index contributed by atoms with van der Waals surface area (Å²) >= 11 is 6.65. The van der Waals surface area contributed by atoms with Gasteiger partial charge < -0.3 is 14.2 Å². The highest BCUT2D eigenvalue weighted by Gasteiger charge is 2.31. The van der Waals surface area contributed by atoms with Crippen LogP contribution in [0, 0.1) is 6.92 Å². The molecular formula is C26H29NO5S2. The Morgan fingerprint density at radius 3 is 2.62 bits per heavy atom. The van der Waals surface area contributed by atoms with E-state index in [4.69, 9.17) is 26.4 Å². The molecule has 8 heteroatoms. The highest BCUT2D eigenvalue weighted by Crippen LogP contribution is 2.35. The number of thiocarbonyl (C=S) groups is 1. The summed E-state index contributed by atoms with van der Waals surface area (Å²) in [6.45, 7) is 7.41. The van der Waals surface area contributed by atoms with Crippen LogP contribution >= 0.6 is 24.0 Å². The SMILES string of the molecule is CCOC(=O)CCCN1C(=O)/C(=C/c2ccc(OCc3ccccc3C)c(OCC)c2)SC1=S. The van der Waals surface area contributed by atoms with Gasteiger partial charge in [-0.05, 0) is 62.1 Å². The van der Waals surface area contributed by atoms with Crippen LogP contribution in [-0.4, -0.2) is 40.9 Å². The summed E-state index contributed by atoms with van der Waals surface area (Å²) in [6.07, 6.45) is 2.56. The number of ether oxygens (including phenoxy) is 3. The fourth-order valence-electron chi connectivity index (χ4n) is 3.39.